The van der Waals surface area contributed by atoms with E-state index in [9.17, 15) is 0 Å². The molecule has 0 bridgehead atoms. The molecule has 1 unspecified atom stereocenters. The first-order valence-corrected chi connectivity index (χ1v) is 17.2. The molecule has 51 heavy (non-hydrogen) atoms. The van der Waals surface area contributed by atoms with Gasteiger partial charge in [0, 0.05) is 38.2 Å². The average Bonchev–Trinajstić information content (AvgIpc) is 3.85. The van der Waals surface area contributed by atoms with Gasteiger partial charge in [0.25, 0.3) is 0 Å². The fraction of sp³-hybridized carbons (Fsp3) is 0.0222. The van der Waals surface area contributed by atoms with E-state index in [1.54, 1.807) is 0 Å². The first-order valence-electron chi connectivity index (χ1n) is 17.2. The monoisotopic (exact) mass is 655 g/mol. The highest BCUT2D eigenvalue weighted by Crippen LogP contribution is 2.43. The topological polar surface area (TPSA) is 59.8 Å². The van der Waals surface area contributed by atoms with Gasteiger partial charge in [0.2, 0.25) is 5.96 Å². The van der Waals surface area contributed by atoms with Gasteiger partial charge < -0.3 is 14.3 Å². The van der Waals surface area contributed by atoms with Gasteiger partial charge in [-0.05, 0) is 54.1 Å². The van der Waals surface area contributed by atoms with Crippen molar-refractivity contribution in [3.8, 4) is 5.69 Å². The maximum atomic E-state index is 6.67. The molecular formula is C45H29N5O. The summed E-state index contributed by atoms with van der Waals surface area (Å²) in [5, 5.41) is 10.5. The third-order valence-corrected chi connectivity index (χ3v) is 10.2. The maximum Gasteiger partial charge on any atom is 0.211 e. The molecular weight excluding hydrogens is 627 g/mol. The van der Waals surface area contributed by atoms with Crippen molar-refractivity contribution in [2.45, 2.75) is 6.17 Å². The van der Waals surface area contributed by atoms with Crippen molar-refractivity contribution in [3.63, 3.8) is 0 Å². The molecule has 1 N–H and O–H groups in total. The molecule has 1 aliphatic heterocycles. The Morgan fingerprint density at radius 2 is 1.20 bits per heavy atom. The molecule has 240 valence electrons. The highest BCUT2D eigenvalue weighted by atomic mass is 16.3. The first kappa shape index (κ1) is 28.0. The highest BCUT2D eigenvalue weighted by Gasteiger charge is 2.26. The van der Waals surface area contributed by atoms with E-state index in [0.717, 1.165) is 88.3 Å². The summed E-state index contributed by atoms with van der Waals surface area (Å²) in [7, 11) is 0. The predicted octanol–water partition coefficient (Wildman–Crippen LogP) is 10.7. The molecule has 10 aromatic rings. The Hall–Kier alpha value is -6.92. The van der Waals surface area contributed by atoms with Crippen LogP contribution in [-0.2, 0) is 0 Å². The van der Waals surface area contributed by atoms with Gasteiger partial charge in [0.1, 0.15) is 17.3 Å². The molecule has 1 aliphatic rings. The van der Waals surface area contributed by atoms with Crippen LogP contribution in [0.3, 0.4) is 0 Å². The van der Waals surface area contributed by atoms with E-state index in [0.29, 0.717) is 5.84 Å². The van der Waals surface area contributed by atoms with E-state index >= 15 is 0 Å². The van der Waals surface area contributed by atoms with Crippen LogP contribution < -0.4 is 5.32 Å². The Labute approximate surface area is 292 Å². The van der Waals surface area contributed by atoms with Gasteiger partial charge in [-0.3, -0.25) is 4.57 Å². The Morgan fingerprint density at radius 1 is 0.510 bits per heavy atom. The van der Waals surface area contributed by atoms with Crippen LogP contribution in [0.4, 0.5) is 0 Å². The molecule has 0 spiro atoms. The Morgan fingerprint density at radius 3 is 2.02 bits per heavy atom. The van der Waals surface area contributed by atoms with Crippen LogP contribution in [0.25, 0.3) is 71.2 Å². The lowest BCUT2D eigenvalue weighted by Gasteiger charge is -2.24. The molecule has 0 radical (unpaired) electrons. The minimum Gasteiger partial charge on any atom is -0.455 e. The number of amidine groups is 1. The average molecular weight is 656 g/mol. The molecule has 0 amide bonds. The maximum absolute atomic E-state index is 6.67. The number of aromatic nitrogens is 2. The largest absolute Gasteiger partial charge is 0.455 e. The molecule has 7 aromatic carbocycles. The summed E-state index contributed by atoms with van der Waals surface area (Å²) in [4.78, 5) is 10.3. The molecule has 1 atom stereocenters. The van der Waals surface area contributed by atoms with Crippen molar-refractivity contribution in [1.82, 2.24) is 14.5 Å². The smallest absolute Gasteiger partial charge is 0.211 e. The molecule has 11 rings (SSSR count). The van der Waals surface area contributed by atoms with Crippen molar-refractivity contribution in [2.24, 2.45) is 9.98 Å². The lowest BCUT2D eigenvalue weighted by molar-refractivity contribution is 0.661. The molecule has 3 aromatic heterocycles. The van der Waals surface area contributed by atoms with Crippen LogP contribution in [0.5, 0.6) is 0 Å². The second-order valence-corrected chi connectivity index (χ2v) is 13.1. The number of nitrogens with one attached hydrogen (secondary N) is 1. The van der Waals surface area contributed by atoms with Crippen LogP contribution in [0.2, 0.25) is 0 Å². The summed E-state index contributed by atoms with van der Waals surface area (Å²) in [6, 6.07) is 57.2. The fourth-order valence-electron chi connectivity index (χ4n) is 7.90. The number of benzene rings is 7. The van der Waals surface area contributed by atoms with Crippen LogP contribution in [0.1, 0.15) is 17.3 Å². The fourth-order valence-corrected chi connectivity index (χ4v) is 7.90. The van der Waals surface area contributed by atoms with Crippen LogP contribution in [0, 0.1) is 0 Å². The van der Waals surface area contributed by atoms with Gasteiger partial charge in [-0.25, -0.2) is 4.99 Å². The molecule has 0 saturated carbocycles. The summed E-state index contributed by atoms with van der Waals surface area (Å²) >= 11 is 0. The Balaban J connectivity index is 1.25. The quantitative estimate of drug-likeness (QED) is 0.206. The lowest BCUT2D eigenvalue weighted by atomic mass is 10.1. The Kier molecular flexibility index (Phi) is 5.92. The van der Waals surface area contributed by atoms with E-state index in [1.807, 2.05) is 30.3 Å². The molecule has 0 aliphatic carbocycles. The predicted molar refractivity (Wildman–Crippen MR) is 209 cm³/mol. The number of aliphatic imine (C=N–C) groups is 2. The van der Waals surface area contributed by atoms with Gasteiger partial charge in [0.15, 0.2) is 5.84 Å². The summed E-state index contributed by atoms with van der Waals surface area (Å²) in [6.45, 7) is 0. The van der Waals surface area contributed by atoms with Gasteiger partial charge in [-0.1, -0.05) is 115 Å². The van der Waals surface area contributed by atoms with E-state index in [-0.39, 0.29) is 6.17 Å². The zero-order chi connectivity index (χ0) is 33.5. The van der Waals surface area contributed by atoms with Gasteiger partial charge in [-0.2, -0.15) is 4.99 Å². The number of rotatable bonds is 3. The second kappa shape index (κ2) is 10.8. The van der Waals surface area contributed by atoms with Crippen molar-refractivity contribution < 1.29 is 4.42 Å². The summed E-state index contributed by atoms with van der Waals surface area (Å²) in [6.07, 6.45) is -0.314. The number of hydrogen-bond acceptors (Lipinski definition) is 4. The minimum absolute atomic E-state index is 0.314. The summed E-state index contributed by atoms with van der Waals surface area (Å²) < 4.78 is 11.3. The summed E-state index contributed by atoms with van der Waals surface area (Å²) in [5.74, 6) is 1.42. The first-order chi connectivity index (χ1) is 25.3. The number of nitrogens with zero attached hydrogens (tertiary/aromatic N) is 4. The molecule has 0 saturated heterocycles. The molecule has 4 heterocycles. The van der Waals surface area contributed by atoms with Gasteiger partial charge in [0.05, 0.1) is 27.5 Å². The zero-order valence-electron chi connectivity index (χ0n) is 27.4. The van der Waals surface area contributed by atoms with Gasteiger partial charge in [-0.15, -0.1) is 0 Å². The second-order valence-electron chi connectivity index (χ2n) is 13.1. The van der Waals surface area contributed by atoms with E-state index in [4.69, 9.17) is 14.4 Å². The van der Waals surface area contributed by atoms with Gasteiger partial charge >= 0.3 is 0 Å². The summed E-state index contributed by atoms with van der Waals surface area (Å²) in [5.41, 5.74) is 9.24. The van der Waals surface area contributed by atoms with E-state index < -0.39 is 0 Å². The van der Waals surface area contributed by atoms with Crippen LogP contribution >= 0.6 is 0 Å². The molecule has 6 heteroatoms. The number of hydrogen-bond donors (Lipinski definition) is 1. The standard InChI is InChI=1S/C45H29N5O/c1-4-14-28(15-5-1)43-46-44(29-16-6-2-7-17-29)48-45(47-43)50-36-22-12-10-20-31(36)34-26-35-39(27-38(34)50)49(30-18-8-3-9-19-30)37-25-24-33-32-21-11-13-23-40(32)51-42(33)41(35)37/h1-27,43H,(H,46,47,48). The molecule has 0 fully saturated rings. The van der Waals surface area contributed by atoms with Crippen molar-refractivity contribution in [1.29, 1.82) is 0 Å². The minimum atomic E-state index is -0.314. The number of fused-ring (bicyclic) bond motifs is 10. The number of para-hydroxylation sites is 3. The van der Waals surface area contributed by atoms with Crippen molar-refractivity contribution >= 4 is 77.3 Å². The zero-order valence-corrected chi connectivity index (χ0v) is 27.4. The Bertz CT molecular complexity index is 3040. The SMILES string of the molecule is c1ccc(C2=NC(c3ccccc3)NC(n3c4ccccc4c4cc5c6c7oc8ccccc8c7ccc6n(-c6ccccc6)c5cc43)=N2)cc1. The molecule has 6 nitrogen and oxygen atoms in total. The van der Waals surface area contributed by atoms with Crippen LogP contribution in [0.15, 0.2) is 178 Å². The lowest BCUT2D eigenvalue weighted by Crippen LogP contribution is -2.37. The number of furan rings is 1. The van der Waals surface area contributed by atoms with Crippen molar-refractivity contribution in [3.05, 3.63) is 175 Å². The normalized spacial score (nSPS) is 14.9. The van der Waals surface area contributed by atoms with Crippen LogP contribution in [-0.4, -0.2) is 20.9 Å². The van der Waals surface area contributed by atoms with E-state index in [1.165, 1.54) is 0 Å². The third kappa shape index (κ3) is 4.17. The third-order valence-electron chi connectivity index (χ3n) is 10.2. The van der Waals surface area contributed by atoms with E-state index in [2.05, 4.69) is 148 Å². The highest BCUT2D eigenvalue weighted by molar-refractivity contribution is 6.27. The van der Waals surface area contributed by atoms with Crippen molar-refractivity contribution in [2.75, 3.05) is 0 Å².